The summed E-state index contributed by atoms with van der Waals surface area (Å²) in [6.07, 6.45) is 5.96. The minimum absolute atomic E-state index is 0.172. The summed E-state index contributed by atoms with van der Waals surface area (Å²) in [5, 5.41) is 28.1. The minimum atomic E-state index is 0.172. The fourth-order valence-corrected chi connectivity index (χ4v) is 8.03. The number of hydrogen-bond acceptors (Lipinski definition) is 9. The van der Waals surface area contributed by atoms with Crippen molar-refractivity contribution in [1.29, 1.82) is 15.8 Å². The lowest BCUT2D eigenvalue weighted by Gasteiger charge is -2.54. The molecule has 228 valence electrons. The van der Waals surface area contributed by atoms with Gasteiger partial charge in [0.15, 0.2) is 0 Å². The van der Waals surface area contributed by atoms with Gasteiger partial charge in [-0.2, -0.15) is 15.8 Å². The van der Waals surface area contributed by atoms with Gasteiger partial charge in [-0.25, -0.2) is 0 Å². The van der Waals surface area contributed by atoms with Gasteiger partial charge < -0.3 is 31.4 Å². The highest BCUT2D eigenvalue weighted by atomic mass is 16.5. The predicted molar refractivity (Wildman–Crippen MR) is 173 cm³/mol. The molecule has 9 heteroatoms. The molecule has 4 aromatic rings. The van der Waals surface area contributed by atoms with E-state index >= 15 is 0 Å². The Bertz CT molecular complexity index is 1870. The van der Waals surface area contributed by atoms with Crippen molar-refractivity contribution >= 4 is 17.1 Å². The fourth-order valence-electron chi connectivity index (χ4n) is 8.03. The summed E-state index contributed by atoms with van der Waals surface area (Å²) in [5.74, 6) is 5.24. The van der Waals surface area contributed by atoms with E-state index in [1.54, 1.807) is 54.6 Å². The molecule has 0 radical (unpaired) electrons. The number of nitrogens with two attached hydrogens (primary N) is 3. The molecule has 0 amide bonds. The van der Waals surface area contributed by atoms with E-state index < -0.39 is 0 Å². The summed E-state index contributed by atoms with van der Waals surface area (Å²) in [6, 6.07) is 24.7. The van der Waals surface area contributed by atoms with E-state index in [2.05, 4.69) is 18.2 Å². The largest absolute Gasteiger partial charge is 0.455 e. The maximum atomic E-state index is 9.40. The molecule has 8 rings (SSSR count). The number of nitrogen functional groups attached to an aromatic ring is 3. The number of nitrogens with zero attached hydrogens (tertiary/aromatic N) is 3. The van der Waals surface area contributed by atoms with Crippen LogP contribution in [0.5, 0.6) is 34.5 Å². The summed E-state index contributed by atoms with van der Waals surface area (Å²) in [7, 11) is 0. The molecule has 0 aromatic heterocycles. The summed E-state index contributed by atoms with van der Waals surface area (Å²) in [6.45, 7) is 0. The van der Waals surface area contributed by atoms with Crippen LogP contribution in [0.25, 0.3) is 0 Å². The van der Waals surface area contributed by atoms with Crippen LogP contribution >= 0.6 is 0 Å². The van der Waals surface area contributed by atoms with Gasteiger partial charge in [-0.1, -0.05) is 0 Å². The van der Waals surface area contributed by atoms with Crippen molar-refractivity contribution in [3.05, 3.63) is 89.0 Å². The smallest absolute Gasteiger partial charge is 0.150 e. The zero-order chi connectivity index (χ0) is 31.9. The first-order chi connectivity index (χ1) is 22.3. The van der Waals surface area contributed by atoms with Crippen molar-refractivity contribution in [2.75, 3.05) is 17.2 Å². The first-order valence-corrected chi connectivity index (χ1v) is 15.4. The van der Waals surface area contributed by atoms with Crippen molar-refractivity contribution in [1.82, 2.24) is 0 Å². The van der Waals surface area contributed by atoms with Crippen LogP contribution in [-0.4, -0.2) is 0 Å². The number of benzene rings is 4. The highest BCUT2D eigenvalue weighted by Gasteiger charge is 2.50. The van der Waals surface area contributed by atoms with Gasteiger partial charge in [-0.05, 0) is 116 Å². The number of ether oxygens (including phenoxy) is 3. The van der Waals surface area contributed by atoms with Gasteiger partial charge in [0, 0.05) is 17.7 Å². The average Bonchev–Trinajstić information content (AvgIpc) is 3.04. The van der Waals surface area contributed by atoms with Crippen LogP contribution < -0.4 is 31.4 Å². The van der Waals surface area contributed by atoms with Gasteiger partial charge in [-0.15, -0.1) is 0 Å². The Kier molecular flexibility index (Phi) is 7.27. The van der Waals surface area contributed by atoms with Gasteiger partial charge in [-0.3, -0.25) is 0 Å². The molecule has 0 atom stereocenters. The standard InChI is InChI=1S/C37H32N6O3/c38-17-20-1-4-31(28(41)12-20)44-27-15-34(45-32-5-2-21(18-39)13-29(32)42)37(36-25-8-23-7-24(10-25)11-26(36)9-23)35(16-27)46-33-6-3-22(19-40)14-30(33)43/h1-6,12-16,23-26,36H,7-11,41-43H2. The molecule has 0 unspecified atom stereocenters. The van der Waals surface area contributed by atoms with Gasteiger partial charge in [0.05, 0.1) is 52.0 Å². The number of nitriles is 3. The third-order valence-electron chi connectivity index (χ3n) is 9.72. The minimum Gasteiger partial charge on any atom is -0.455 e. The van der Waals surface area contributed by atoms with Crippen molar-refractivity contribution in [2.45, 2.75) is 38.0 Å². The molecule has 9 nitrogen and oxygen atoms in total. The third kappa shape index (κ3) is 5.36. The van der Waals surface area contributed by atoms with Gasteiger partial charge in [0.25, 0.3) is 0 Å². The lowest BCUT2D eigenvalue weighted by Crippen LogP contribution is -2.43. The molecule has 4 fully saturated rings. The van der Waals surface area contributed by atoms with E-state index in [-0.39, 0.29) is 5.92 Å². The Morgan fingerprint density at radius 2 is 0.891 bits per heavy atom. The first-order valence-electron chi connectivity index (χ1n) is 15.4. The Labute approximate surface area is 267 Å². The van der Waals surface area contributed by atoms with Crippen molar-refractivity contribution in [3.63, 3.8) is 0 Å². The second kappa shape index (κ2) is 11.6. The molecule has 0 spiro atoms. The molecular formula is C37H32N6O3. The van der Waals surface area contributed by atoms with E-state index in [1.807, 2.05) is 12.1 Å². The summed E-state index contributed by atoms with van der Waals surface area (Å²) in [5.41, 5.74) is 22.2. The molecular weight excluding hydrogens is 576 g/mol. The summed E-state index contributed by atoms with van der Waals surface area (Å²) in [4.78, 5) is 0. The van der Waals surface area contributed by atoms with Crippen LogP contribution in [0.15, 0.2) is 66.7 Å². The fraction of sp³-hybridized carbons (Fsp3) is 0.270. The second-order valence-corrected chi connectivity index (χ2v) is 12.7. The van der Waals surface area contributed by atoms with Gasteiger partial charge >= 0.3 is 0 Å². The molecule has 46 heavy (non-hydrogen) atoms. The van der Waals surface area contributed by atoms with E-state index in [1.165, 1.54) is 6.42 Å². The third-order valence-corrected chi connectivity index (χ3v) is 9.72. The highest BCUT2D eigenvalue weighted by molar-refractivity contribution is 5.64. The van der Waals surface area contributed by atoms with Gasteiger partial charge in [0.2, 0.25) is 0 Å². The predicted octanol–water partition coefficient (Wildman–Crippen LogP) is 7.96. The van der Waals surface area contributed by atoms with Crippen LogP contribution in [0.4, 0.5) is 17.1 Å². The number of rotatable bonds is 7. The summed E-state index contributed by atoms with van der Waals surface area (Å²) >= 11 is 0. The Morgan fingerprint density at radius 1 is 0.500 bits per heavy atom. The van der Waals surface area contributed by atoms with E-state index in [0.717, 1.165) is 43.1 Å². The number of hydrogen-bond donors (Lipinski definition) is 3. The molecule has 0 saturated heterocycles. The van der Waals surface area contributed by atoms with E-state index in [9.17, 15) is 15.8 Å². The Hall–Kier alpha value is -5.85. The molecule has 4 aliphatic carbocycles. The maximum absolute atomic E-state index is 9.40. The molecule has 0 aliphatic heterocycles. The Balaban J connectivity index is 1.40. The van der Waals surface area contributed by atoms with E-state index in [0.29, 0.717) is 80.1 Å². The highest BCUT2D eigenvalue weighted by Crippen LogP contribution is 2.63. The van der Waals surface area contributed by atoms with Crippen molar-refractivity contribution < 1.29 is 14.2 Å². The first kappa shape index (κ1) is 28.9. The van der Waals surface area contributed by atoms with Crippen molar-refractivity contribution in [2.24, 2.45) is 23.7 Å². The zero-order valence-electron chi connectivity index (χ0n) is 25.1. The quantitative estimate of drug-likeness (QED) is 0.175. The zero-order valence-corrected chi connectivity index (χ0v) is 25.1. The average molecular weight is 609 g/mol. The maximum Gasteiger partial charge on any atom is 0.150 e. The van der Waals surface area contributed by atoms with Crippen LogP contribution in [-0.2, 0) is 0 Å². The Morgan fingerprint density at radius 3 is 1.26 bits per heavy atom. The lowest BCUT2D eigenvalue weighted by atomic mass is 9.50. The van der Waals surface area contributed by atoms with Crippen LogP contribution in [0, 0.1) is 57.7 Å². The summed E-state index contributed by atoms with van der Waals surface area (Å²) < 4.78 is 19.6. The molecule has 6 N–H and O–H groups in total. The van der Waals surface area contributed by atoms with E-state index in [4.69, 9.17) is 31.4 Å². The van der Waals surface area contributed by atoms with Crippen molar-refractivity contribution in [3.8, 4) is 52.7 Å². The molecule has 0 heterocycles. The normalized spacial score (nSPS) is 22.3. The monoisotopic (exact) mass is 608 g/mol. The molecule has 4 saturated carbocycles. The second-order valence-electron chi connectivity index (χ2n) is 12.7. The molecule has 4 aromatic carbocycles. The molecule has 4 aliphatic rings. The SMILES string of the molecule is N#Cc1ccc(Oc2cc(Oc3ccc(C#N)cc3N)c(C3C4CC5CC(C4)CC3C5)c(Oc3ccc(C#N)cc3N)c2)c(N)c1. The molecule has 4 bridgehead atoms. The van der Waals surface area contributed by atoms with Gasteiger partial charge in [0.1, 0.15) is 34.5 Å². The van der Waals surface area contributed by atoms with Crippen LogP contribution in [0.3, 0.4) is 0 Å². The van der Waals surface area contributed by atoms with Crippen LogP contribution in [0.1, 0.15) is 60.3 Å². The lowest BCUT2D eigenvalue weighted by molar-refractivity contribution is -0.00396. The van der Waals surface area contributed by atoms with Crippen LogP contribution in [0.2, 0.25) is 0 Å². The number of anilines is 3. The topological polar surface area (TPSA) is 177 Å².